The molecule has 0 aliphatic carbocycles. The molecular weight excluding hydrogens is 290 g/mol. The third-order valence-electron chi connectivity index (χ3n) is 4.44. The summed E-state index contributed by atoms with van der Waals surface area (Å²) in [5.74, 6) is 0.363. The Bertz CT molecular complexity index is 523. The van der Waals surface area contributed by atoms with Gasteiger partial charge in [-0.25, -0.2) is 0 Å². The summed E-state index contributed by atoms with van der Waals surface area (Å²) in [7, 11) is 0. The van der Waals surface area contributed by atoms with Gasteiger partial charge in [0.25, 0.3) is 0 Å². The fourth-order valence-corrected chi connectivity index (χ4v) is 3.04. The molecule has 0 bridgehead atoms. The van der Waals surface area contributed by atoms with Gasteiger partial charge < -0.3 is 5.32 Å². The zero-order valence-electron chi connectivity index (χ0n) is 14.7. The van der Waals surface area contributed by atoms with Gasteiger partial charge in [-0.3, -0.25) is 25.9 Å². The van der Waals surface area contributed by atoms with Gasteiger partial charge in [-0.2, -0.15) is 0 Å². The fraction of sp³-hybridized carbons (Fsp3) is 0.647. The largest absolute Gasteiger partial charge is 0.349 e. The number of amides is 1. The lowest BCUT2D eigenvalue weighted by molar-refractivity contribution is -0.121. The van der Waals surface area contributed by atoms with Crippen LogP contribution in [0, 0.1) is 12.8 Å². The number of hydrogen-bond donors (Lipinski definition) is 4. The monoisotopic (exact) mass is 319 g/mol. The highest BCUT2D eigenvalue weighted by molar-refractivity contribution is 5.78. The summed E-state index contributed by atoms with van der Waals surface area (Å²) in [4.78, 5) is 16.8. The molecule has 1 saturated heterocycles. The number of rotatable bonds is 6. The van der Waals surface area contributed by atoms with Crippen molar-refractivity contribution in [2.75, 3.05) is 6.54 Å². The molecule has 3 unspecified atom stereocenters. The minimum atomic E-state index is 0.0124. The van der Waals surface area contributed by atoms with Crippen molar-refractivity contribution in [1.29, 1.82) is 0 Å². The average molecular weight is 319 g/mol. The molecule has 1 aliphatic heterocycles. The van der Waals surface area contributed by atoms with Crippen LogP contribution in [0.4, 0.5) is 0 Å². The standard InChI is InChI=1S/C17H29N5O/c1-10(2)15(16-11(3)7-6-8-18-16)19-9-14(23)20-17-12(4)21-22-13(17)5/h6-8,10,12-13,15,17,19,21-22H,9H2,1-5H3,(H,20,23). The lowest BCUT2D eigenvalue weighted by atomic mass is 9.97. The summed E-state index contributed by atoms with van der Waals surface area (Å²) in [6.07, 6.45) is 1.80. The molecule has 4 N–H and O–H groups in total. The average Bonchev–Trinajstić information content (AvgIpc) is 2.81. The van der Waals surface area contributed by atoms with E-state index >= 15 is 0 Å². The van der Waals surface area contributed by atoms with E-state index in [0.717, 1.165) is 11.3 Å². The Morgan fingerprint density at radius 1 is 1.30 bits per heavy atom. The molecule has 6 heteroatoms. The Balaban J connectivity index is 1.94. The number of pyridine rings is 1. The number of aryl methyl sites for hydroxylation is 1. The molecule has 0 spiro atoms. The van der Waals surface area contributed by atoms with Crippen LogP contribution in [0.1, 0.15) is 45.0 Å². The molecule has 2 rings (SSSR count). The number of carbonyl (C=O) groups is 1. The number of nitrogens with zero attached hydrogens (tertiary/aromatic N) is 1. The van der Waals surface area contributed by atoms with Gasteiger partial charge in [0.05, 0.1) is 24.3 Å². The Labute approximate surface area is 138 Å². The van der Waals surface area contributed by atoms with Crippen molar-refractivity contribution < 1.29 is 4.79 Å². The third-order valence-corrected chi connectivity index (χ3v) is 4.44. The first-order valence-corrected chi connectivity index (χ1v) is 8.35. The van der Waals surface area contributed by atoms with Crippen LogP contribution in [0.3, 0.4) is 0 Å². The summed E-state index contributed by atoms with van der Waals surface area (Å²) < 4.78 is 0. The van der Waals surface area contributed by atoms with Crippen LogP contribution in [0.15, 0.2) is 18.3 Å². The topological polar surface area (TPSA) is 78.1 Å². The van der Waals surface area contributed by atoms with Crippen molar-refractivity contribution in [2.24, 2.45) is 5.92 Å². The van der Waals surface area contributed by atoms with Gasteiger partial charge >= 0.3 is 0 Å². The van der Waals surface area contributed by atoms with E-state index in [1.807, 2.05) is 6.07 Å². The summed E-state index contributed by atoms with van der Waals surface area (Å²) in [5, 5.41) is 6.46. The predicted molar refractivity (Wildman–Crippen MR) is 91.7 cm³/mol. The van der Waals surface area contributed by atoms with Crippen molar-refractivity contribution in [3.05, 3.63) is 29.6 Å². The van der Waals surface area contributed by atoms with Crippen molar-refractivity contribution in [3.8, 4) is 0 Å². The molecule has 0 radical (unpaired) electrons. The van der Waals surface area contributed by atoms with Crippen LogP contribution >= 0.6 is 0 Å². The SMILES string of the molecule is Cc1cccnc1C(NCC(=O)NC1C(C)NNC1C)C(C)C. The quantitative estimate of drug-likeness (QED) is 0.630. The van der Waals surface area contributed by atoms with Crippen LogP contribution in [-0.2, 0) is 4.79 Å². The number of hydrazine groups is 1. The van der Waals surface area contributed by atoms with Gasteiger partial charge in [-0.05, 0) is 38.3 Å². The zero-order chi connectivity index (χ0) is 17.0. The zero-order valence-corrected chi connectivity index (χ0v) is 14.7. The first-order valence-electron chi connectivity index (χ1n) is 8.35. The van der Waals surface area contributed by atoms with Gasteiger partial charge in [0.1, 0.15) is 0 Å². The van der Waals surface area contributed by atoms with E-state index in [1.54, 1.807) is 6.20 Å². The maximum Gasteiger partial charge on any atom is 0.234 e. The highest BCUT2D eigenvalue weighted by atomic mass is 16.2. The third kappa shape index (κ3) is 4.50. The summed E-state index contributed by atoms with van der Waals surface area (Å²) >= 11 is 0. The first-order chi connectivity index (χ1) is 10.9. The summed E-state index contributed by atoms with van der Waals surface area (Å²) in [6, 6.07) is 4.58. The maximum atomic E-state index is 12.3. The number of aromatic nitrogens is 1. The molecule has 1 aliphatic rings. The Hall–Kier alpha value is -1.50. The molecule has 0 aromatic carbocycles. The van der Waals surface area contributed by atoms with Crippen LogP contribution in [0.5, 0.6) is 0 Å². The van der Waals surface area contributed by atoms with E-state index in [4.69, 9.17) is 0 Å². The van der Waals surface area contributed by atoms with Crippen LogP contribution < -0.4 is 21.5 Å². The molecular formula is C17H29N5O. The second-order valence-electron chi connectivity index (χ2n) is 6.77. The van der Waals surface area contributed by atoms with Crippen molar-refractivity contribution in [2.45, 2.75) is 58.8 Å². The molecule has 23 heavy (non-hydrogen) atoms. The van der Waals surface area contributed by atoms with Gasteiger partial charge in [0, 0.05) is 18.3 Å². The second kappa shape index (κ2) is 7.86. The minimum Gasteiger partial charge on any atom is -0.349 e. The van der Waals surface area contributed by atoms with E-state index in [0.29, 0.717) is 5.92 Å². The van der Waals surface area contributed by atoms with Crippen molar-refractivity contribution >= 4 is 5.91 Å². The lowest BCUT2D eigenvalue weighted by Crippen LogP contribution is -2.49. The first kappa shape index (κ1) is 17.8. The Morgan fingerprint density at radius 3 is 2.52 bits per heavy atom. The number of carbonyl (C=O) groups excluding carboxylic acids is 1. The van der Waals surface area contributed by atoms with Crippen molar-refractivity contribution in [3.63, 3.8) is 0 Å². The molecule has 1 aromatic rings. The lowest BCUT2D eigenvalue weighted by Gasteiger charge is -2.24. The summed E-state index contributed by atoms with van der Waals surface area (Å²) in [6.45, 7) is 10.7. The number of hydrogen-bond acceptors (Lipinski definition) is 5. The maximum absolute atomic E-state index is 12.3. The number of nitrogens with one attached hydrogen (secondary N) is 4. The van der Waals surface area contributed by atoms with E-state index in [1.165, 1.54) is 0 Å². The van der Waals surface area contributed by atoms with Gasteiger partial charge in [-0.15, -0.1) is 0 Å². The smallest absolute Gasteiger partial charge is 0.234 e. The molecule has 1 fully saturated rings. The normalized spacial score (nSPS) is 25.6. The molecule has 1 aromatic heterocycles. The van der Waals surface area contributed by atoms with Gasteiger partial charge in [0.15, 0.2) is 0 Å². The van der Waals surface area contributed by atoms with E-state index in [2.05, 4.69) is 67.2 Å². The Kier molecular flexibility index (Phi) is 6.10. The van der Waals surface area contributed by atoms with Crippen LogP contribution in [0.2, 0.25) is 0 Å². The van der Waals surface area contributed by atoms with Gasteiger partial charge in [-0.1, -0.05) is 19.9 Å². The highest BCUT2D eigenvalue weighted by Gasteiger charge is 2.31. The summed E-state index contributed by atoms with van der Waals surface area (Å²) in [5.41, 5.74) is 8.45. The molecule has 0 saturated carbocycles. The van der Waals surface area contributed by atoms with Crippen LogP contribution in [-0.4, -0.2) is 35.6 Å². The fourth-order valence-electron chi connectivity index (χ4n) is 3.04. The van der Waals surface area contributed by atoms with Crippen molar-refractivity contribution in [1.82, 2.24) is 26.5 Å². The molecule has 2 heterocycles. The van der Waals surface area contributed by atoms with E-state index in [-0.39, 0.29) is 36.6 Å². The highest BCUT2D eigenvalue weighted by Crippen LogP contribution is 2.22. The van der Waals surface area contributed by atoms with Gasteiger partial charge in [0.2, 0.25) is 5.91 Å². The van der Waals surface area contributed by atoms with E-state index in [9.17, 15) is 4.79 Å². The molecule has 6 nitrogen and oxygen atoms in total. The Morgan fingerprint density at radius 2 is 1.96 bits per heavy atom. The van der Waals surface area contributed by atoms with E-state index < -0.39 is 0 Å². The predicted octanol–water partition coefficient (Wildman–Crippen LogP) is 1.05. The molecule has 3 atom stereocenters. The van der Waals surface area contributed by atoms with Crippen LogP contribution in [0.25, 0.3) is 0 Å². The molecule has 1 amide bonds. The molecule has 128 valence electrons. The second-order valence-corrected chi connectivity index (χ2v) is 6.77. The minimum absolute atomic E-state index is 0.0124.